The van der Waals surface area contributed by atoms with Crippen LogP contribution in [0.15, 0.2) is 35.6 Å². The van der Waals surface area contributed by atoms with Crippen LogP contribution in [0, 0.1) is 13.7 Å². The molecule has 0 atom stereocenters. The van der Waals surface area contributed by atoms with E-state index in [1.165, 1.54) is 24.5 Å². The Hall–Kier alpha value is -2.43. The lowest BCUT2D eigenvalue weighted by atomic mass is 10.2. The van der Waals surface area contributed by atoms with Gasteiger partial charge in [-0.1, -0.05) is 0 Å². The number of ether oxygens (including phenoxy) is 2. The second-order valence-corrected chi connectivity index (χ2v) is 5.40. The van der Waals surface area contributed by atoms with Crippen molar-refractivity contribution < 1.29 is 14.4 Å². The van der Waals surface area contributed by atoms with Crippen LogP contribution in [0.3, 0.4) is 0 Å². The van der Waals surface area contributed by atoms with E-state index >= 15 is 0 Å². The van der Waals surface area contributed by atoms with Crippen LogP contribution in [0.2, 0.25) is 0 Å². The van der Waals surface area contributed by atoms with Crippen LogP contribution in [0.1, 0.15) is 5.56 Å². The molecule has 0 fully saturated rings. The van der Waals surface area contributed by atoms with E-state index in [0.717, 1.165) is 9.13 Å². The van der Waals surface area contributed by atoms with E-state index in [1.807, 2.05) is 6.07 Å². The Kier molecular flexibility index (Phi) is 5.68. The predicted molar refractivity (Wildman–Crippen MR) is 94.4 cm³/mol. The molecule has 0 spiro atoms. The van der Waals surface area contributed by atoms with Gasteiger partial charge in [-0.2, -0.15) is 5.10 Å². The summed E-state index contributed by atoms with van der Waals surface area (Å²) >= 11 is 2.12. The number of nitro groups is 1. The van der Waals surface area contributed by atoms with Crippen molar-refractivity contribution in [3.05, 3.63) is 49.7 Å². The largest absolute Gasteiger partial charge is 0.493 e. The molecule has 1 aromatic heterocycles. The van der Waals surface area contributed by atoms with Gasteiger partial charge in [0.05, 0.1) is 28.9 Å². The van der Waals surface area contributed by atoms with Crippen molar-refractivity contribution in [3.63, 3.8) is 0 Å². The Morgan fingerprint density at radius 1 is 1.39 bits per heavy atom. The highest BCUT2D eigenvalue weighted by atomic mass is 127. The number of rotatable bonds is 6. The summed E-state index contributed by atoms with van der Waals surface area (Å²) in [6.07, 6.45) is 2.97. The van der Waals surface area contributed by atoms with Gasteiger partial charge < -0.3 is 9.47 Å². The van der Waals surface area contributed by atoms with Crippen molar-refractivity contribution in [1.82, 2.24) is 4.98 Å². The quantitative estimate of drug-likeness (QED) is 0.329. The number of anilines is 1. The fourth-order valence-electron chi connectivity index (χ4n) is 1.81. The molecular formula is C14H13IN4O4. The average molecular weight is 428 g/mol. The SMILES string of the molecule is COc1cc(/C=N\Nc2ncccc2[N+](=O)[O-])cc(I)c1OC. The minimum absolute atomic E-state index is 0.0731. The third kappa shape index (κ3) is 4.06. The van der Waals surface area contributed by atoms with E-state index < -0.39 is 4.92 Å². The van der Waals surface area contributed by atoms with Crippen molar-refractivity contribution in [2.75, 3.05) is 19.6 Å². The summed E-state index contributed by atoms with van der Waals surface area (Å²) < 4.78 is 11.4. The van der Waals surface area contributed by atoms with E-state index in [0.29, 0.717) is 11.5 Å². The molecule has 1 aromatic carbocycles. The Balaban J connectivity index is 2.22. The van der Waals surface area contributed by atoms with Gasteiger partial charge in [0.15, 0.2) is 11.5 Å². The van der Waals surface area contributed by atoms with Crippen molar-refractivity contribution >= 4 is 40.3 Å². The summed E-state index contributed by atoms with van der Waals surface area (Å²) in [6.45, 7) is 0. The van der Waals surface area contributed by atoms with Gasteiger partial charge in [0.1, 0.15) is 0 Å². The van der Waals surface area contributed by atoms with Crippen LogP contribution in [-0.4, -0.2) is 30.3 Å². The first kappa shape index (κ1) is 16.9. The van der Waals surface area contributed by atoms with E-state index in [2.05, 4.69) is 38.1 Å². The number of hydrogen-bond acceptors (Lipinski definition) is 7. The molecule has 23 heavy (non-hydrogen) atoms. The summed E-state index contributed by atoms with van der Waals surface area (Å²) in [5, 5.41) is 14.9. The summed E-state index contributed by atoms with van der Waals surface area (Å²) in [5.41, 5.74) is 3.17. The number of methoxy groups -OCH3 is 2. The number of nitrogens with one attached hydrogen (secondary N) is 1. The van der Waals surface area contributed by atoms with Gasteiger partial charge >= 0.3 is 5.69 Å². The minimum atomic E-state index is -0.524. The monoisotopic (exact) mass is 428 g/mol. The second kappa shape index (κ2) is 7.72. The number of halogens is 1. The number of nitrogens with zero attached hydrogens (tertiary/aromatic N) is 3. The van der Waals surface area contributed by atoms with Crippen LogP contribution in [0.5, 0.6) is 11.5 Å². The number of pyridine rings is 1. The number of benzene rings is 1. The highest BCUT2D eigenvalue weighted by Gasteiger charge is 2.13. The van der Waals surface area contributed by atoms with Crippen LogP contribution in [-0.2, 0) is 0 Å². The number of hydrogen-bond donors (Lipinski definition) is 1. The third-order valence-electron chi connectivity index (χ3n) is 2.82. The molecule has 2 rings (SSSR count). The van der Waals surface area contributed by atoms with Crippen LogP contribution >= 0.6 is 22.6 Å². The van der Waals surface area contributed by atoms with Gasteiger partial charge in [-0.25, -0.2) is 4.98 Å². The number of hydrazone groups is 1. The summed E-state index contributed by atoms with van der Waals surface area (Å²) in [5.74, 6) is 1.28. The summed E-state index contributed by atoms with van der Waals surface area (Å²) in [6, 6.07) is 6.44. The lowest BCUT2D eigenvalue weighted by Gasteiger charge is -2.10. The normalized spacial score (nSPS) is 10.6. The molecule has 8 nitrogen and oxygen atoms in total. The van der Waals surface area contributed by atoms with E-state index in [4.69, 9.17) is 9.47 Å². The third-order valence-corrected chi connectivity index (χ3v) is 3.62. The van der Waals surface area contributed by atoms with Gasteiger partial charge in [-0.3, -0.25) is 15.5 Å². The molecule has 120 valence electrons. The molecule has 0 aliphatic carbocycles. The van der Waals surface area contributed by atoms with E-state index in [9.17, 15) is 10.1 Å². The van der Waals surface area contributed by atoms with Gasteiger partial charge in [0, 0.05) is 12.3 Å². The first-order valence-electron chi connectivity index (χ1n) is 6.36. The van der Waals surface area contributed by atoms with Gasteiger partial charge in [-0.15, -0.1) is 0 Å². The molecular weight excluding hydrogens is 415 g/mol. The van der Waals surface area contributed by atoms with Crippen molar-refractivity contribution in [3.8, 4) is 11.5 Å². The van der Waals surface area contributed by atoms with Crippen molar-refractivity contribution in [2.45, 2.75) is 0 Å². The Bertz CT molecular complexity index is 752. The van der Waals surface area contributed by atoms with Crippen LogP contribution in [0.25, 0.3) is 0 Å². The molecule has 0 radical (unpaired) electrons. The first-order chi connectivity index (χ1) is 11.1. The minimum Gasteiger partial charge on any atom is -0.493 e. The molecule has 0 amide bonds. The van der Waals surface area contributed by atoms with Crippen molar-refractivity contribution in [1.29, 1.82) is 0 Å². The molecule has 0 aliphatic rings. The first-order valence-corrected chi connectivity index (χ1v) is 7.44. The second-order valence-electron chi connectivity index (χ2n) is 4.24. The highest BCUT2D eigenvalue weighted by Crippen LogP contribution is 2.33. The molecule has 0 bridgehead atoms. The molecule has 0 saturated heterocycles. The Morgan fingerprint density at radius 2 is 2.17 bits per heavy atom. The van der Waals surface area contributed by atoms with Gasteiger partial charge in [0.2, 0.25) is 5.82 Å². The molecule has 1 heterocycles. The van der Waals surface area contributed by atoms with E-state index in [1.54, 1.807) is 20.3 Å². The molecule has 0 aliphatic heterocycles. The Morgan fingerprint density at radius 3 is 2.83 bits per heavy atom. The lowest BCUT2D eigenvalue weighted by molar-refractivity contribution is -0.384. The van der Waals surface area contributed by atoms with E-state index in [-0.39, 0.29) is 11.5 Å². The standard InChI is InChI=1S/C14H13IN4O4/c1-22-12-7-9(6-10(15)13(12)23-2)8-17-18-14-11(19(20)21)4-3-5-16-14/h3-8H,1-2H3,(H,16,18)/b17-8-. The maximum Gasteiger partial charge on any atom is 0.313 e. The summed E-state index contributed by atoms with van der Waals surface area (Å²) in [7, 11) is 3.11. The molecule has 0 unspecified atom stereocenters. The highest BCUT2D eigenvalue weighted by molar-refractivity contribution is 14.1. The topological polar surface area (TPSA) is 98.9 Å². The number of aromatic nitrogens is 1. The van der Waals surface area contributed by atoms with Crippen LogP contribution in [0.4, 0.5) is 11.5 Å². The molecule has 0 saturated carbocycles. The smallest absolute Gasteiger partial charge is 0.313 e. The average Bonchev–Trinajstić information content (AvgIpc) is 2.54. The van der Waals surface area contributed by atoms with Crippen LogP contribution < -0.4 is 14.9 Å². The maximum atomic E-state index is 10.9. The zero-order valence-corrected chi connectivity index (χ0v) is 14.5. The predicted octanol–water partition coefficient (Wildman–Crippen LogP) is 3.06. The molecule has 2 aromatic rings. The molecule has 9 heteroatoms. The summed E-state index contributed by atoms with van der Waals surface area (Å²) in [4.78, 5) is 14.3. The van der Waals surface area contributed by atoms with Crippen molar-refractivity contribution in [2.24, 2.45) is 5.10 Å². The van der Waals surface area contributed by atoms with Gasteiger partial charge in [-0.05, 0) is 46.4 Å². The lowest BCUT2D eigenvalue weighted by Crippen LogP contribution is -1.99. The fraction of sp³-hybridized carbons (Fsp3) is 0.143. The zero-order chi connectivity index (χ0) is 16.8. The Labute approximate surface area is 145 Å². The van der Waals surface area contributed by atoms with Gasteiger partial charge in [0.25, 0.3) is 0 Å². The molecule has 1 N–H and O–H groups in total. The zero-order valence-electron chi connectivity index (χ0n) is 12.3. The fourth-order valence-corrected chi connectivity index (χ4v) is 2.66. The maximum absolute atomic E-state index is 10.9.